The van der Waals surface area contributed by atoms with Crippen molar-refractivity contribution in [1.82, 2.24) is 0 Å². The summed E-state index contributed by atoms with van der Waals surface area (Å²) in [6.07, 6.45) is 15.4. The van der Waals surface area contributed by atoms with Crippen molar-refractivity contribution in [2.75, 3.05) is 13.2 Å². The second kappa shape index (κ2) is 23.5. The van der Waals surface area contributed by atoms with Gasteiger partial charge in [0.05, 0.1) is 18.6 Å². The largest absolute Gasteiger partial charge is 0.463 e. The van der Waals surface area contributed by atoms with E-state index in [-0.39, 0.29) is 25.7 Å². The maximum absolute atomic E-state index is 11.7. The third-order valence-corrected chi connectivity index (χ3v) is 5.74. The van der Waals surface area contributed by atoms with Crippen LogP contribution in [-0.2, 0) is 24.1 Å². The van der Waals surface area contributed by atoms with Gasteiger partial charge in [-0.15, -0.1) is 0 Å². The van der Waals surface area contributed by atoms with Gasteiger partial charge in [0.25, 0.3) is 0 Å². The van der Waals surface area contributed by atoms with Crippen molar-refractivity contribution in [1.29, 1.82) is 0 Å². The molecule has 0 aliphatic rings. The molecule has 0 aliphatic carbocycles. The summed E-state index contributed by atoms with van der Waals surface area (Å²) >= 11 is 0. The fraction of sp³-hybridized carbons (Fsp3) is 0.923. The molecule has 0 bridgehead atoms. The van der Waals surface area contributed by atoms with Gasteiger partial charge in [0.15, 0.2) is 0 Å². The Hall–Kier alpha value is -1.22. The summed E-state index contributed by atoms with van der Waals surface area (Å²) in [4.78, 5) is 30.9. The lowest BCUT2D eigenvalue weighted by Gasteiger charge is -2.14. The van der Waals surface area contributed by atoms with Crippen LogP contribution >= 0.6 is 0 Å². The molecule has 8 nitrogen and oxygen atoms in total. The average molecular weight is 491 g/mol. The predicted molar refractivity (Wildman–Crippen MR) is 131 cm³/mol. The van der Waals surface area contributed by atoms with Gasteiger partial charge in [-0.2, -0.15) is 4.89 Å². The first-order chi connectivity index (χ1) is 16.3. The van der Waals surface area contributed by atoms with E-state index in [9.17, 15) is 24.9 Å². The maximum Gasteiger partial charge on any atom is 0.339 e. The number of carbonyl (C=O) groups excluding carboxylic acids is 2. The first kappa shape index (κ1) is 32.8. The van der Waals surface area contributed by atoms with Crippen molar-refractivity contribution >= 4 is 11.9 Å². The lowest BCUT2D eigenvalue weighted by atomic mass is 10.0. The molecule has 0 saturated heterocycles. The molecule has 0 saturated carbocycles. The van der Waals surface area contributed by atoms with E-state index in [0.29, 0.717) is 12.8 Å². The Labute approximate surface area is 206 Å². The Morgan fingerprint density at radius 2 is 1.12 bits per heavy atom. The summed E-state index contributed by atoms with van der Waals surface area (Å²) in [6, 6.07) is 0. The standard InChI is InChI=1S/C26H50O8/c1-3-4-5-6-7-8-9-10-11-12-13-16-23(28)17-14-15-18-24(29)19-26(31)32-20-25(30)21-33-34-22(2)27/h23-25,28-30H,3-21H2,1-2H3. The van der Waals surface area contributed by atoms with Crippen LogP contribution in [0.5, 0.6) is 0 Å². The summed E-state index contributed by atoms with van der Waals surface area (Å²) in [7, 11) is 0. The molecular formula is C26H50O8. The number of aliphatic hydroxyl groups excluding tert-OH is 3. The molecule has 0 aliphatic heterocycles. The van der Waals surface area contributed by atoms with Gasteiger partial charge in [0.1, 0.15) is 19.3 Å². The van der Waals surface area contributed by atoms with Gasteiger partial charge in [-0.25, -0.2) is 4.79 Å². The molecule has 0 heterocycles. The van der Waals surface area contributed by atoms with Crippen LogP contribution in [-0.4, -0.2) is 58.8 Å². The van der Waals surface area contributed by atoms with E-state index in [4.69, 9.17) is 4.74 Å². The fourth-order valence-corrected chi connectivity index (χ4v) is 3.73. The summed E-state index contributed by atoms with van der Waals surface area (Å²) < 4.78 is 4.87. The molecule has 8 heteroatoms. The molecule has 0 amide bonds. The second-order valence-corrected chi connectivity index (χ2v) is 9.32. The Bertz CT molecular complexity index is 485. The SMILES string of the molecule is CCCCCCCCCCCCCC(O)CCCCC(O)CC(=O)OCC(O)COOC(C)=O. The molecule has 0 aromatic heterocycles. The van der Waals surface area contributed by atoms with E-state index >= 15 is 0 Å². The van der Waals surface area contributed by atoms with Crippen LogP contribution in [0.25, 0.3) is 0 Å². The van der Waals surface area contributed by atoms with Crippen LogP contribution in [0.3, 0.4) is 0 Å². The molecule has 0 rings (SSSR count). The predicted octanol–water partition coefficient (Wildman–Crippen LogP) is 4.76. The Balaban J connectivity index is 3.52. The van der Waals surface area contributed by atoms with Gasteiger partial charge in [-0.1, -0.05) is 90.4 Å². The molecule has 3 N–H and O–H groups in total. The number of esters is 1. The lowest BCUT2D eigenvalue weighted by Crippen LogP contribution is -2.25. The van der Waals surface area contributed by atoms with Gasteiger partial charge in [-0.3, -0.25) is 9.68 Å². The lowest BCUT2D eigenvalue weighted by molar-refractivity contribution is -0.281. The summed E-state index contributed by atoms with van der Waals surface area (Å²) in [5.74, 6) is -1.26. The normalized spacial score (nSPS) is 13.9. The molecule has 0 fully saturated rings. The molecule has 0 spiro atoms. The molecule has 0 aromatic rings. The zero-order valence-electron chi connectivity index (χ0n) is 21.5. The first-order valence-corrected chi connectivity index (χ1v) is 13.3. The highest BCUT2D eigenvalue weighted by Gasteiger charge is 2.15. The monoisotopic (exact) mass is 490 g/mol. The zero-order chi connectivity index (χ0) is 25.4. The number of aliphatic hydroxyl groups is 3. The van der Waals surface area contributed by atoms with Crippen molar-refractivity contribution in [3.8, 4) is 0 Å². The Morgan fingerprint density at radius 3 is 1.65 bits per heavy atom. The van der Waals surface area contributed by atoms with Crippen molar-refractivity contribution in [2.45, 2.75) is 141 Å². The minimum absolute atomic E-state index is 0.154. The second-order valence-electron chi connectivity index (χ2n) is 9.32. The Morgan fingerprint density at radius 1 is 0.647 bits per heavy atom. The number of rotatable bonds is 24. The van der Waals surface area contributed by atoms with Crippen LogP contribution < -0.4 is 0 Å². The number of ether oxygens (including phenoxy) is 1. The van der Waals surface area contributed by atoms with Gasteiger partial charge in [0.2, 0.25) is 0 Å². The molecule has 202 valence electrons. The van der Waals surface area contributed by atoms with E-state index in [1.807, 2.05) is 0 Å². The number of hydrogen-bond donors (Lipinski definition) is 3. The highest BCUT2D eigenvalue weighted by atomic mass is 17.2. The molecule has 3 atom stereocenters. The number of unbranched alkanes of at least 4 members (excludes halogenated alkanes) is 11. The molecule has 0 aromatic carbocycles. The van der Waals surface area contributed by atoms with Crippen LogP contribution in [0.15, 0.2) is 0 Å². The number of carbonyl (C=O) groups is 2. The van der Waals surface area contributed by atoms with Crippen molar-refractivity contribution < 1.29 is 39.4 Å². The van der Waals surface area contributed by atoms with E-state index in [1.165, 1.54) is 64.2 Å². The summed E-state index contributed by atoms with van der Waals surface area (Å²) in [5.41, 5.74) is 0. The fourth-order valence-electron chi connectivity index (χ4n) is 3.73. The molecule has 3 unspecified atom stereocenters. The van der Waals surface area contributed by atoms with Crippen molar-refractivity contribution in [2.24, 2.45) is 0 Å². The van der Waals surface area contributed by atoms with Crippen LogP contribution in [0, 0.1) is 0 Å². The van der Waals surface area contributed by atoms with E-state index in [2.05, 4.69) is 16.7 Å². The third kappa shape index (κ3) is 23.9. The minimum atomic E-state index is -1.12. The van der Waals surface area contributed by atoms with Crippen molar-refractivity contribution in [3.05, 3.63) is 0 Å². The van der Waals surface area contributed by atoms with Crippen LogP contribution in [0.4, 0.5) is 0 Å². The summed E-state index contributed by atoms with van der Waals surface area (Å²) in [5, 5.41) is 29.6. The van der Waals surface area contributed by atoms with Crippen LogP contribution in [0.2, 0.25) is 0 Å². The quantitative estimate of drug-likeness (QED) is 0.0766. The van der Waals surface area contributed by atoms with E-state index in [1.54, 1.807) is 0 Å². The van der Waals surface area contributed by atoms with Gasteiger partial charge >= 0.3 is 11.9 Å². The van der Waals surface area contributed by atoms with E-state index < -0.39 is 24.1 Å². The van der Waals surface area contributed by atoms with Gasteiger partial charge < -0.3 is 20.1 Å². The Kier molecular flexibility index (Phi) is 22.7. The number of hydrogen-bond acceptors (Lipinski definition) is 8. The van der Waals surface area contributed by atoms with Gasteiger partial charge in [-0.05, 0) is 19.3 Å². The first-order valence-electron chi connectivity index (χ1n) is 13.3. The van der Waals surface area contributed by atoms with Crippen molar-refractivity contribution in [3.63, 3.8) is 0 Å². The molecular weight excluding hydrogens is 440 g/mol. The highest BCUT2D eigenvalue weighted by Crippen LogP contribution is 2.15. The molecule has 0 radical (unpaired) electrons. The average Bonchev–Trinajstić information content (AvgIpc) is 2.78. The summed E-state index contributed by atoms with van der Waals surface area (Å²) in [6.45, 7) is 2.79. The molecule has 34 heavy (non-hydrogen) atoms. The van der Waals surface area contributed by atoms with E-state index in [0.717, 1.165) is 32.6 Å². The third-order valence-electron chi connectivity index (χ3n) is 5.74. The van der Waals surface area contributed by atoms with Gasteiger partial charge in [0, 0.05) is 6.92 Å². The smallest absolute Gasteiger partial charge is 0.339 e. The topological polar surface area (TPSA) is 123 Å². The maximum atomic E-state index is 11.7. The van der Waals surface area contributed by atoms with Crippen LogP contribution in [0.1, 0.15) is 123 Å². The zero-order valence-corrected chi connectivity index (χ0v) is 21.5. The highest BCUT2D eigenvalue weighted by molar-refractivity contribution is 5.69. The minimum Gasteiger partial charge on any atom is -0.463 e.